The summed E-state index contributed by atoms with van der Waals surface area (Å²) in [5.41, 5.74) is 0. The SMILES string of the molecule is C=CC1CCC2[OH+]C2C1. The summed E-state index contributed by atoms with van der Waals surface area (Å²) in [4.78, 5) is 0. The summed E-state index contributed by atoms with van der Waals surface area (Å²) >= 11 is 0. The van der Waals surface area contributed by atoms with Gasteiger partial charge in [-0.2, -0.15) is 0 Å². The van der Waals surface area contributed by atoms with Gasteiger partial charge in [0, 0.05) is 12.8 Å². The standard InChI is InChI=1S/C8H12O/c1-2-6-3-4-7-8(5-6)9-7/h2,6-8H,1,3-5H2/p+1. The second kappa shape index (κ2) is 1.84. The fourth-order valence-electron chi connectivity index (χ4n) is 1.71. The Morgan fingerprint density at radius 2 is 2.22 bits per heavy atom. The zero-order valence-corrected chi connectivity index (χ0v) is 5.59. The Bertz CT molecular complexity index is 131. The predicted molar refractivity (Wildman–Crippen MR) is 37.3 cm³/mol. The molecule has 0 aromatic heterocycles. The number of fused-ring (bicyclic) bond motifs is 1. The first kappa shape index (κ1) is 5.48. The number of hydrogen-bond acceptors (Lipinski definition) is 0. The molecule has 0 spiro atoms. The second-order valence-electron chi connectivity index (χ2n) is 3.09. The first-order valence-electron chi connectivity index (χ1n) is 3.72. The minimum Gasteiger partial charge on any atom is -0.417 e. The van der Waals surface area contributed by atoms with Gasteiger partial charge in [0.1, 0.15) is 0 Å². The van der Waals surface area contributed by atoms with Crippen LogP contribution in [0.15, 0.2) is 12.7 Å². The van der Waals surface area contributed by atoms with Crippen molar-refractivity contribution in [3.8, 4) is 0 Å². The molecule has 1 aliphatic heterocycles. The topological polar surface area (TPSA) is 12.8 Å². The van der Waals surface area contributed by atoms with Gasteiger partial charge in [-0.15, -0.1) is 6.58 Å². The summed E-state index contributed by atoms with van der Waals surface area (Å²) in [6.07, 6.45) is 7.52. The van der Waals surface area contributed by atoms with Gasteiger partial charge in [0.25, 0.3) is 0 Å². The molecule has 1 aliphatic carbocycles. The van der Waals surface area contributed by atoms with Crippen LogP contribution in [0.2, 0.25) is 0 Å². The van der Waals surface area contributed by atoms with Crippen LogP contribution in [0.4, 0.5) is 0 Å². The van der Waals surface area contributed by atoms with Crippen LogP contribution in [-0.2, 0) is 0 Å². The highest BCUT2D eigenvalue weighted by Crippen LogP contribution is 2.36. The van der Waals surface area contributed by atoms with Gasteiger partial charge < -0.3 is 4.74 Å². The predicted octanol–water partition coefficient (Wildman–Crippen LogP) is 1.25. The van der Waals surface area contributed by atoms with E-state index < -0.39 is 0 Å². The number of allylic oxidation sites excluding steroid dienone is 1. The number of hydrogen-bond donors (Lipinski definition) is 0. The Balaban J connectivity index is 1.93. The van der Waals surface area contributed by atoms with Crippen LogP contribution in [0, 0.1) is 5.92 Å². The molecule has 1 saturated carbocycles. The van der Waals surface area contributed by atoms with Crippen molar-refractivity contribution in [2.24, 2.45) is 5.92 Å². The molecular formula is C8H13O+. The van der Waals surface area contributed by atoms with E-state index in [1.165, 1.54) is 19.3 Å². The van der Waals surface area contributed by atoms with E-state index in [1.54, 1.807) is 0 Å². The van der Waals surface area contributed by atoms with Crippen LogP contribution >= 0.6 is 0 Å². The first-order chi connectivity index (χ1) is 4.40. The zero-order chi connectivity index (χ0) is 6.27. The maximum Gasteiger partial charge on any atom is 0.228 e. The van der Waals surface area contributed by atoms with E-state index in [-0.39, 0.29) is 0 Å². The maximum atomic E-state index is 4.40. The van der Waals surface area contributed by atoms with Crippen molar-refractivity contribution in [3.63, 3.8) is 0 Å². The summed E-state index contributed by atoms with van der Waals surface area (Å²) in [5.74, 6) is 0.775. The molecule has 0 bridgehead atoms. The van der Waals surface area contributed by atoms with E-state index in [0.29, 0.717) is 0 Å². The molecule has 1 N–H and O–H groups in total. The van der Waals surface area contributed by atoms with Gasteiger partial charge in [-0.25, -0.2) is 0 Å². The molecule has 1 nitrogen and oxygen atoms in total. The fourth-order valence-corrected chi connectivity index (χ4v) is 1.71. The number of aliphatic hydroxyl groups is 2. The molecular weight excluding hydrogens is 112 g/mol. The van der Waals surface area contributed by atoms with Crippen molar-refractivity contribution in [2.75, 3.05) is 0 Å². The van der Waals surface area contributed by atoms with Crippen LogP contribution < -0.4 is 0 Å². The average molecular weight is 125 g/mol. The summed E-state index contributed by atoms with van der Waals surface area (Å²) in [5, 5.41) is 0. The van der Waals surface area contributed by atoms with Gasteiger partial charge in [0.05, 0.1) is 0 Å². The normalized spacial score (nSPS) is 47.8. The number of rotatable bonds is 1. The fraction of sp³-hybridized carbons (Fsp3) is 0.750. The summed E-state index contributed by atoms with van der Waals surface area (Å²) in [6.45, 7) is 3.80. The molecule has 3 atom stereocenters. The van der Waals surface area contributed by atoms with Crippen LogP contribution in [0.1, 0.15) is 19.3 Å². The third kappa shape index (κ3) is 0.897. The zero-order valence-electron chi connectivity index (χ0n) is 5.59. The highest BCUT2D eigenvalue weighted by molar-refractivity contribution is 4.95. The second-order valence-corrected chi connectivity index (χ2v) is 3.09. The molecule has 2 aliphatic rings. The quantitative estimate of drug-likeness (QED) is 0.284. The molecule has 0 radical (unpaired) electrons. The molecule has 3 unspecified atom stereocenters. The Kier molecular flexibility index (Phi) is 1.12. The lowest BCUT2D eigenvalue weighted by Gasteiger charge is -2.08. The molecule has 2 fully saturated rings. The Labute approximate surface area is 55.7 Å². The number of ether oxygens (including phenoxy) is 1. The molecule has 1 heteroatoms. The van der Waals surface area contributed by atoms with E-state index in [0.717, 1.165) is 18.1 Å². The van der Waals surface area contributed by atoms with Crippen molar-refractivity contribution in [1.29, 1.82) is 0 Å². The van der Waals surface area contributed by atoms with Crippen LogP contribution in [0.5, 0.6) is 0 Å². The lowest BCUT2D eigenvalue weighted by atomic mass is 9.90. The molecule has 1 heterocycles. The van der Waals surface area contributed by atoms with Gasteiger partial charge >= 0.3 is 0 Å². The van der Waals surface area contributed by atoms with Crippen molar-refractivity contribution < 1.29 is 4.74 Å². The van der Waals surface area contributed by atoms with Gasteiger partial charge in [-0.3, -0.25) is 0 Å². The van der Waals surface area contributed by atoms with Crippen molar-refractivity contribution in [1.82, 2.24) is 0 Å². The summed E-state index contributed by atoms with van der Waals surface area (Å²) < 4.78 is 4.40. The van der Waals surface area contributed by atoms with Crippen LogP contribution in [-0.4, -0.2) is 16.9 Å². The van der Waals surface area contributed by atoms with E-state index >= 15 is 0 Å². The highest BCUT2D eigenvalue weighted by Gasteiger charge is 2.50. The Morgan fingerprint density at radius 3 is 2.89 bits per heavy atom. The molecule has 0 aromatic rings. The Morgan fingerprint density at radius 1 is 1.33 bits per heavy atom. The molecule has 0 aromatic carbocycles. The summed E-state index contributed by atoms with van der Waals surface area (Å²) in [6, 6.07) is 0. The van der Waals surface area contributed by atoms with Crippen molar-refractivity contribution >= 4 is 0 Å². The van der Waals surface area contributed by atoms with Gasteiger partial charge in [-0.05, 0) is 12.3 Å². The van der Waals surface area contributed by atoms with Crippen LogP contribution in [0.25, 0.3) is 0 Å². The lowest BCUT2D eigenvalue weighted by Crippen LogP contribution is -2.10. The first-order valence-corrected chi connectivity index (χ1v) is 3.72. The molecule has 0 amide bonds. The van der Waals surface area contributed by atoms with Gasteiger partial charge in [0.2, 0.25) is 12.2 Å². The van der Waals surface area contributed by atoms with E-state index in [1.807, 2.05) is 0 Å². The maximum absolute atomic E-state index is 4.40. The molecule has 2 rings (SSSR count). The van der Waals surface area contributed by atoms with E-state index in [2.05, 4.69) is 17.4 Å². The lowest BCUT2D eigenvalue weighted by molar-refractivity contribution is 0.171. The largest absolute Gasteiger partial charge is 0.417 e. The van der Waals surface area contributed by atoms with Gasteiger partial charge in [-0.1, -0.05) is 6.08 Å². The minimum absolute atomic E-state index is 0.738. The van der Waals surface area contributed by atoms with E-state index in [4.69, 9.17) is 0 Å². The smallest absolute Gasteiger partial charge is 0.228 e. The third-order valence-corrected chi connectivity index (χ3v) is 2.45. The van der Waals surface area contributed by atoms with Crippen molar-refractivity contribution in [3.05, 3.63) is 12.7 Å². The average Bonchev–Trinajstić information content (AvgIpc) is 2.64. The van der Waals surface area contributed by atoms with Crippen LogP contribution in [0.3, 0.4) is 0 Å². The monoisotopic (exact) mass is 125 g/mol. The van der Waals surface area contributed by atoms with Crippen molar-refractivity contribution in [2.45, 2.75) is 31.5 Å². The summed E-state index contributed by atoms with van der Waals surface area (Å²) in [7, 11) is 0. The molecule has 1 saturated heterocycles. The molecule has 9 heavy (non-hydrogen) atoms. The molecule has 50 valence electrons. The number of epoxide rings is 1. The van der Waals surface area contributed by atoms with E-state index in [9.17, 15) is 0 Å². The minimum atomic E-state index is 0.738. The highest BCUT2D eigenvalue weighted by atomic mass is 16.6. The van der Waals surface area contributed by atoms with Gasteiger partial charge in [0.15, 0.2) is 0 Å². The Hall–Kier alpha value is -0.300. The third-order valence-electron chi connectivity index (χ3n) is 2.45.